The minimum Gasteiger partial charge on any atom is -0.493 e. The molecule has 0 saturated heterocycles. The first-order valence-electron chi connectivity index (χ1n) is 6.99. The summed E-state index contributed by atoms with van der Waals surface area (Å²) < 4.78 is 10.6. The Morgan fingerprint density at radius 2 is 1.77 bits per heavy atom. The Kier molecular flexibility index (Phi) is 5.08. The number of carbonyl (C=O) groups excluding carboxylic acids is 1. The number of benzene rings is 1. The number of hydrogen-bond acceptors (Lipinski definition) is 4. The third kappa shape index (κ3) is 2.81. The number of hydrogen-bond donors (Lipinski definition) is 1. The number of nitrogens with one attached hydrogen (secondary N) is 1. The van der Waals surface area contributed by atoms with Crippen molar-refractivity contribution in [3.05, 3.63) is 35.9 Å². The molecular weight excluding hydrogens is 304 g/mol. The predicted molar refractivity (Wildman–Crippen MR) is 86.8 cm³/mol. The molecule has 3 rings (SSSR count). The summed E-state index contributed by atoms with van der Waals surface area (Å²) in [6, 6.07) is 5.72. The maximum Gasteiger partial charge on any atom is 0.244 e. The fourth-order valence-electron chi connectivity index (χ4n) is 2.96. The smallest absolute Gasteiger partial charge is 0.244 e. The van der Waals surface area contributed by atoms with E-state index in [0.29, 0.717) is 11.5 Å². The monoisotopic (exact) mass is 322 g/mol. The summed E-state index contributed by atoms with van der Waals surface area (Å²) in [5.41, 5.74) is 4.50. The van der Waals surface area contributed by atoms with Gasteiger partial charge in [-0.25, -0.2) is 5.43 Å². The average Bonchev–Trinajstić information content (AvgIpc) is 2.55. The number of fused-ring (bicyclic) bond motifs is 1. The van der Waals surface area contributed by atoms with Crippen LogP contribution in [0.3, 0.4) is 0 Å². The summed E-state index contributed by atoms with van der Waals surface area (Å²) in [4.78, 5) is 11.9. The lowest BCUT2D eigenvalue weighted by atomic mass is 9.77. The van der Waals surface area contributed by atoms with Gasteiger partial charge in [0.1, 0.15) is 0 Å². The van der Waals surface area contributed by atoms with Gasteiger partial charge in [0.25, 0.3) is 0 Å². The summed E-state index contributed by atoms with van der Waals surface area (Å²) in [6.45, 7) is 0. The topological polar surface area (TPSA) is 59.9 Å². The maximum absolute atomic E-state index is 11.9. The van der Waals surface area contributed by atoms with Crippen LogP contribution in [0.2, 0.25) is 0 Å². The Morgan fingerprint density at radius 3 is 2.45 bits per heavy atom. The van der Waals surface area contributed by atoms with Crippen molar-refractivity contribution in [2.24, 2.45) is 16.9 Å². The van der Waals surface area contributed by atoms with Crippen LogP contribution in [0.4, 0.5) is 0 Å². The normalized spacial score (nSPS) is 22.8. The summed E-state index contributed by atoms with van der Waals surface area (Å²) in [5.74, 6) is 1.45. The van der Waals surface area contributed by atoms with Crippen molar-refractivity contribution in [2.75, 3.05) is 14.2 Å². The molecule has 0 radical (unpaired) electrons. The molecule has 6 heteroatoms. The fourth-order valence-corrected chi connectivity index (χ4v) is 2.96. The molecule has 5 nitrogen and oxygen atoms in total. The van der Waals surface area contributed by atoms with Crippen LogP contribution in [-0.4, -0.2) is 25.8 Å². The van der Waals surface area contributed by atoms with Crippen molar-refractivity contribution in [1.82, 2.24) is 5.43 Å². The number of carbonyl (C=O) groups is 1. The van der Waals surface area contributed by atoms with Crippen LogP contribution < -0.4 is 14.9 Å². The Morgan fingerprint density at radius 1 is 1.09 bits per heavy atom. The lowest BCUT2D eigenvalue weighted by Gasteiger charge is -2.32. The first kappa shape index (κ1) is 16.4. The van der Waals surface area contributed by atoms with E-state index in [1.165, 1.54) is 0 Å². The first-order valence-corrected chi connectivity index (χ1v) is 6.99. The number of amides is 1. The van der Waals surface area contributed by atoms with E-state index in [0.717, 1.165) is 24.1 Å². The molecule has 2 unspecified atom stereocenters. The fraction of sp³-hybridized carbons (Fsp3) is 0.375. The lowest BCUT2D eigenvalue weighted by Crippen LogP contribution is -2.42. The number of allylic oxidation sites excluding steroid dienone is 2. The van der Waals surface area contributed by atoms with Crippen molar-refractivity contribution in [3.8, 4) is 11.5 Å². The highest BCUT2D eigenvalue weighted by Gasteiger charge is 2.36. The molecule has 1 heterocycles. The largest absolute Gasteiger partial charge is 0.493 e. The van der Waals surface area contributed by atoms with Crippen LogP contribution in [0.15, 0.2) is 35.5 Å². The van der Waals surface area contributed by atoms with Gasteiger partial charge in [-0.1, -0.05) is 12.2 Å². The van der Waals surface area contributed by atoms with E-state index in [9.17, 15) is 4.79 Å². The molecule has 0 spiro atoms. The zero-order valence-electron chi connectivity index (χ0n) is 12.5. The van der Waals surface area contributed by atoms with E-state index >= 15 is 0 Å². The van der Waals surface area contributed by atoms with Crippen LogP contribution in [0, 0.1) is 11.8 Å². The molecular formula is C16H19ClN2O3. The van der Waals surface area contributed by atoms with Gasteiger partial charge in [-0.2, -0.15) is 5.10 Å². The van der Waals surface area contributed by atoms with Gasteiger partial charge in [-0.15, -0.1) is 12.4 Å². The predicted octanol–water partition coefficient (Wildman–Crippen LogP) is 2.54. The molecule has 1 amide bonds. The second-order valence-corrected chi connectivity index (χ2v) is 5.20. The SMILES string of the molecule is COc1ccc(C2=NNC(=O)C3CC=CCC23)cc1OC.Cl. The Hall–Kier alpha value is -2.01. The zero-order chi connectivity index (χ0) is 14.8. The van der Waals surface area contributed by atoms with Crippen LogP contribution >= 0.6 is 12.4 Å². The molecule has 2 aliphatic rings. The number of halogens is 1. The molecule has 1 aromatic rings. The van der Waals surface area contributed by atoms with Crippen LogP contribution in [0.25, 0.3) is 0 Å². The molecule has 1 aliphatic heterocycles. The van der Waals surface area contributed by atoms with Crippen molar-refractivity contribution < 1.29 is 14.3 Å². The Bertz CT molecular complexity index is 628. The van der Waals surface area contributed by atoms with E-state index in [-0.39, 0.29) is 30.2 Å². The van der Waals surface area contributed by atoms with Crippen LogP contribution in [0.5, 0.6) is 11.5 Å². The average molecular weight is 323 g/mol. The van der Waals surface area contributed by atoms with Gasteiger partial charge in [0.05, 0.1) is 25.8 Å². The highest BCUT2D eigenvalue weighted by Crippen LogP contribution is 2.34. The van der Waals surface area contributed by atoms with E-state index in [2.05, 4.69) is 22.7 Å². The quantitative estimate of drug-likeness (QED) is 0.870. The van der Waals surface area contributed by atoms with Crippen LogP contribution in [0.1, 0.15) is 18.4 Å². The molecule has 1 N–H and O–H groups in total. The summed E-state index contributed by atoms with van der Waals surface area (Å²) in [7, 11) is 3.22. The molecule has 0 bridgehead atoms. The van der Waals surface area contributed by atoms with E-state index < -0.39 is 0 Å². The van der Waals surface area contributed by atoms with Gasteiger partial charge in [-0.3, -0.25) is 4.79 Å². The van der Waals surface area contributed by atoms with Crippen molar-refractivity contribution in [1.29, 1.82) is 0 Å². The molecule has 0 fully saturated rings. The van der Waals surface area contributed by atoms with Crippen molar-refractivity contribution >= 4 is 24.0 Å². The molecule has 0 saturated carbocycles. The van der Waals surface area contributed by atoms with Crippen molar-refractivity contribution in [3.63, 3.8) is 0 Å². The first-order chi connectivity index (χ1) is 10.2. The zero-order valence-corrected chi connectivity index (χ0v) is 13.4. The van der Waals surface area contributed by atoms with Crippen LogP contribution in [-0.2, 0) is 4.79 Å². The van der Waals surface area contributed by atoms with Gasteiger partial charge in [0, 0.05) is 11.5 Å². The number of ether oxygens (including phenoxy) is 2. The van der Waals surface area contributed by atoms with Gasteiger partial charge in [0.2, 0.25) is 5.91 Å². The number of rotatable bonds is 3. The third-order valence-electron chi connectivity index (χ3n) is 4.09. The number of hydrazone groups is 1. The van der Waals surface area contributed by atoms with Gasteiger partial charge in [0.15, 0.2) is 11.5 Å². The molecule has 22 heavy (non-hydrogen) atoms. The molecule has 118 valence electrons. The van der Waals surface area contributed by atoms with Gasteiger partial charge >= 0.3 is 0 Å². The highest BCUT2D eigenvalue weighted by atomic mass is 35.5. The minimum atomic E-state index is -0.0319. The number of methoxy groups -OCH3 is 2. The van der Waals surface area contributed by atoms with Gasteiger partial charge < -0.3 is 9.47 Å². The van der Waals surface area contributed by atoms with Gasteiger partial charge in [-0.05, 0) is 31.0 Å². The number of nitrogens with zero attached hydrogens (tertiary/aromatic N) is 1. The maximum atomic E-state index is 11.9. The third-order valence-corrected chi connectivity index (χ3v) is 4.09. The second kappa shape index (κ2) is 6.83. The highest BCUT2D eigenvalue weighted by molar-refractivity contribution is 6.07. The Labute approximate surface area is 135 Å². The summed E-state index contributed by atoms with van der Waals surface area (Å²) >= 11 is 0. The van der Waals surface area contributed by atoms with Crippen molar-refractivity contribution in [2.45, 2.75) is 12.8 Å². The summed E-state index contributed by atoms with van der Waals surface area (Å²) in [6.07, 6.45) is 5.79. The Balaban J connectivity index is 0.00000176. The summed E-state index contributed by atoms with van der Waals surface area (Å²) in [5, 5.41) is 4.28. The molecule has 1 aromatic carbocycles. The molecule has 2 atom stereocenters. The minimum absolute atomic E-state index is 0. The second-order valence-electron chi connectivity index (χ2n) is 5.20. The molecule has 0 aromatic heterocycles. The van der Waals surface area contributed by atoms with E-state index in [1.54, 1.807) is 14.2 Å². The van der Waals surface area contributed by atoms with E-state index in [1.807, 2.05) is 18.2 Å². The lowest BCUT2D eigenvalue weighted by molar-refractivity contribution is -0.126. The standard InChI is InChI=1S/C16H18N2O3.ClH/c1-20-13-8-7-10(9-14(13)21-2)15-11-5-3-4-6-12(11)16(19)18-17-15;/h3-4,7-9,11-12H,5-6H2,1-2H3,(H,18,19);1H. The van der Waals surface area contributed by atoms with E-state index in [4.69, 9.17) is 9.47 Å². The molecule has 1 aliphatic carbocycles.